The molecule has 1 fully saturated rings. The minimum atomic E-state index is -4.86. The molecular formula is C89H142N3O11P. The molecule has 1 rings (SSSR count). The van der Waals surface area contributed by atoms with E-state index in [-0.39, 0.29) is 12.5 Å². The second-order valence-electron chi connectivity index (χ2n) is 30.1. The first-order valence-corrected chi connectivity index (χ1v) is 40.5. The first-order chi connectivity index (χ1) is 49.3. The molecule has 1 saturated heterocycles. The Morgan fingerprint density at radius 2 is 0.692 bits per heavy atom. The molecule has 0 aromatic carbocycles. The van der Waals surface area contributed by atoms with Gasteiger partial charge in [-0.3, -0.25) is 23.4 Å². The topological polar surface area (TPSA) is 193 Å². The van der Waals surface area contributed by atoms with E-state index in [1.54, 1.807) is 0 Å². The summed E-state index contributed by atoms with van der Waals surface area (Å²) in [6, 6.07) is 0. The van der Waals surface area contributed by atoms with Crippen LogP contribution >= 0.6 is 7.82 Å². The lowest BCUT2D eigenvalue weighted by molar-refractivity contribution is -0.284. The molecule has 0 radical (unpaired) electrons. The van der Waals surface area contributed by atoms with Gasteiger partial charge in [-0.05, 0) is 302 Å². The highest BCUT2D eigenvalue weighted by Gasteiger charge is 2.54. The van der Waals surface area contributed by atoms with Crippen LogP contribution in [0, 0.1) is 5.92 Å². The van der Waals surface area contributed by atoms with Gasteiger partial charge < -0.3 is 23.8 Å². The Balaban J connectivity index is 2.34. The Kier molecular flexibility index (Phi) is 52.7. The molecule has 14 nitrogen and oxygen atoms in total. The van der Waals surface area contributed by atoms with Gasteiger partial charge >= 0.3 is 25.7 Å². The summed E-state index contributed by atoms with van der Waals surface area (Å²) in [4.78, 5) is 49.5. The fourth-order valence-corrected chi connectivity index (χ4v) is 13.0. The Labute approximate surface area is 632 Å². The first-order valence-electron chi connectivity index (χ1n) is 39.0. The van der Waals surface area contributed by atoms with Crippen LogP contribution < -0.4 is 0 Å². The molecule has 1 aliphatic heterocycles. The van der Waals surface area contributed by atoms with Gasteiger partial charge in [-0.15, -0.1) is 0 Å². The Morgan fingerprint density at radius 3 is 0.981 bits per heavy atom. The number of carbonyl (C=O) groups excluding carboxylic acids is 3. The maximum absolute atomic E-state index is 13.2. The molecule has 104 heavy (non-hydrogen) atoms. The zero-order valence-electron chi connectivity index (χ0n) is 68.7. The van der Waals surface area contributed by atoms with Crippen LogP contribution in [0.25, 0.3) is 10.4 Å². The van der Waals surface area contributed by atoms with E-state index in [9.17, 15) is 23.8 Å². The SMILES string of the molecule is CC(=O)O[C@H]1[C@H](OC(C)=O)C(CN=[N+]=[N-])OC(OP(=O)(O)OCC[C@@H](C)CC/C=C(/C)CC/C=C(/C)CC/C=C(/C)CC/C=C(/C)CC/C=C(/C)CC/C=C(/C)CC/C=C(/C)CC/C=C(/C)CC/C=C(/C)CC/C=C(/C)CC/C=C(/C)CC/C=C(/C)CC/C=C(\C)C/C=C(\C)C=C(C)C)[C@@H]1OC(C)=O. The monoisotopic (exact) mass is 1460 g/mol. The number of ether oxygens (including phenoxy) is 4. The van der Waals surface area contributed by atoms with Gasteiger partial charge in [-0.25, -0.2) is 4.57 Å². The van der Waals surface area contributed by atoms with Crippen LogP contribution in [-0.2, 0) is 46.9 Å². The van der Waals surface area contributed by atoms with Crippen molar-refractivity contribution in [1.82, 2.24) is 0 Å². The van der Waals surface area contributed by atoms with Crippen molar-refractivity contribution in [2.45, 2.75) is 349 Å². The molecule has 0 aliphatic carbocycles. The smallest absolute Gasteiger partial charge is 0.456 e. The molecule has 3 unspecified atom stereocenters. The van der Waals surface area contributed by atoms with Crippen molar-refractivity contribution in [3.8, 4) is 0 Å². The molecule has 0 aromatic rings. The van der Waals surface area contributed by atoms with Gasteiger partial charge in [0.1, 0.15) is 6.10 Å². The number of nitrogens with zero attached hydrogens (tertiary/aromatic N) is 3. The van der Waals surface area contributed by atoms with Crippen LogP contribution in [0.1, 0.15) is 318 Å². The van der Waals surface area contributed by atoms with E-state index < -0.39 is 63.0 Å². The number of phosphoric acid groups is 1. The van der Waals surface area contributed by atoms with Crippen LogP contribution in [0.3, 0.4) is 0 Å². The van der Waals surface area contributed by atoms with Crippen molar-refractivity contribution < 1.29 is 51.8 Å². The lowest BCUT2D eigenvalue weighted by atomic mass is 9.98. The highest BCUT2D eigenvalue weighted by Crippen LogP contribution is 2.48. The number of azide groups is 1. The van der Waals surface area contributed by atoms with E-state index in [2.05, 4.69) is 212 Å². The highest BCUT2D eigenvalue weighted by atomic mass is 31.2. The second kappa shape index (κ2) is 57.1. The molecular weight excluding hydrogens is 1320 g/mol. The van der Waals surface area contributed by atoms with Crippen LogP contribution in [0.2, 0.25) is 0 Å². The summed E-state index contributed by atoms with van der Waals surface area (Å²) in [5, 5.41) is 3.46. The predicted octanol–water partition coefficient (Wildman–Crippen LogP) is 26.7. The van der Waals surface area contributed by atoms with Gasteiger partial charge in [0.2, 0.25) is 6.29 Å². The number of hydrogen-bond acceptors (Lipinski definition) is 11. The van der Waals surface area contributed by atoms with Gasteiger partial charge in [-0.2, -0.15) is 0 Å². The molecule has 1 aliphatic rings. The minimum absolute atomic E-state index is 0.131. The number of esters is 3. The molecule has 0 saturated carbocycles. The van der Waals surface area contributed by atoms with Crippen molar-refractivity contribution in [2.24, 2.45) is 11.0 Å². The van der Waals surface area contributed by atoms with Crippen LogP contribution in [-0.4, -0.2) is 66.7 Å². The molecule has 7 atom stereocenters. The number of rotatable bonds is 53. The van der Waals surface area contributed by atoms with Crippen molar-refractivity contribution in [1.29, 1.82) is 0 Å². The van der Waals surface area contributed by atoms with Gasteiger partial charge in [0.05, 0.1) is 13.2 Å². The van der Waals surface area contributed by atoms with Crippen molar-refractivity contribution >= 4 is 25.7 Å². The Hall–Kier alpha value is -6.11. The van der Waals surface area contributed by atoms with E-state index in [1.807, 2.05) is 6.92 Å². The largest absolute Gasteiger partial charge is 0.474 e. The summed E-state index contributed by atoms with van der Waals surface area (Å²) in [7, 11) is -4.86. The number of hydrogen-bond donors (Lipinski definition) is 1. The van der Waals surface area contributed by atoms with E-state index in [0.29, 0.717) is 6.42 Å². The summed E-state index contributed by atoms with van der Waals surface area (Å²) in [6.45, 7) is 40.7. The molecule has 1 heterocycles. The highest BCUT2D eigenvalue weighted by molar-refractivity contribution is 7.47. The van der Waals surface area contributed by atoms with E-state index in [0.717, 1.165) is 194 Å². The van der Waals surface area contributed by atoms with Crippen LogP contribution in [0.5, 0.6) is 0 Å². The fourth-order valence-electron chi connectivity index (χ4n) is 12.2. The van der Waals surface area contributed by atoms with E-state index in [1.165, 1.54) is 83.6 Å². The maximum Gasteiger partial charge on any atom is 0.474 e. The molecule has 0 spiro atoms. The lowest BCUT2D eigenvalue weighted by Gasteiger charge is -2.44. The van der Waals surface area contributed by atoms with Gasteiger partial charge in [0.15, 0.2) is 18.3 Å². The van der Waals surface area contributed by atoms with Gasteiger partial charge in [-0.1, -0.05) is 187 Å². The standard InChI is InChI=1S/C89H142N3O11P/c1-66(2)64-81(17)61-60-79(15)58-32-56-77(13)54-30-52-75(11)50-28-48-73(9)46-26-44-71(7)42-24-40-69(5)38-22-36-67(3)34-21-35-68(4)37-23-39-70(6)41-25-43-72(8)45-27-47-74(10)49-29-51-76(12)53-31-55-78(14)57-33-59-80(16)62-63-98-104(96,97)103-89-88(101-84(20)95)87(100-83(19)94)86(99-82(18)93)85(102-89)65-91-92-90/h34,37-38,41-42,45-46,49-50,53-54,57-58,61,64,80,85-89H,21-33,35-36,39-40,43-44,47-48,51-52,55-56,59-60,62-63,65H2,1-20H3,(H,96,97)/b67-34-,68-37-,69-38-,70-41-,71-42-,72-45-,73-46-,74-49-,75-50-,76-53-,77-54-,78-57-,79-58+,81-61+/t80-,85?,86+,87-,88+,89?/m0/s1. The van der Waals surface area contributed by atoms with E-state index in [4.69, 9.17) is 33.5 Å². The summed E-state index contributed by atoms with van der Waals surface area (Å²) < 4.78 is 45.5. The predicted molar refractivity (Wildman–Crippen MR) is 437 cm³/mol. The number of allylic oxidation sites excluding steroid dienone is 30. The average molecular weight is 1460 g/mol. The van der Waals surface area contributed by atoms with Crippen LogP contribution in [0.15, 0.2) is 180 Å². The normalized spacial score (nSPS) is 19.4. The van der Waals surface area contributed by atoms with Gasteiger partial charge in [0.25, 0.3) is 0 Å². The molecule has 0 bridgehead atoms. The third-order valence-corrected chi connectivity index (χ3v) is 19.7. The Bertz CT molecular complexity index is 3200. The van der Waals surface area contributed by atoms with Gasteiger partial charge in [0, 0.05) is 25.7 Å². The molecule has 1 N–H and O–H groups in total. The quantitative estimate of drug-likeness (QED) is 0.00890. The number of carbonyl (C=O) groups is 3. The van der Waals surface area contributed by atoms with Crippen molar-refractivity contribution in [3.63, 3.8) is 0 Å². The summed E-state index contributed by atoms with van der Waals surface area (Å²) in [6.07, 6.45) is 58.1. The molecule has 0 amide bonds. The molecule has 0 aromatic heterocycles. The van der Waals surface area contributed by atoms with Crippen molar-refractivity contribution in [3.05, 3.63) is 185 Å². The third-order valence-electron chi connectivity index (χ3n) is 18.7. The second-order valence-corrected chi connectivity index (χ2v) is 31.5. The fraction of sp³-hybridized carbons (Fsp3) is 0.629. The van der Waals surface area contributed by atoms with Crippen LogP contribution in [0.4, 0.5) is 0 Å². The van der Waals surface area contributed by atoms with Crippen molar-refractivity contribution in [2.75, 3.05) is 13.2 Å². The maximum atomic E-state index is 13.2. The zero-order valence-corrected chi connectivity index (χ0v) is 69.6. The summed E-state index contributed by atoms with van der Waals surface area (Å²) in [5.41, 5.74) is 30.8. The molecule has 15 heteroatoms. The zero-order chi connectivity index (χ0) is 77.8. The summed E-state index contributed by atoms with van der Waals surface area (Å²) in [5.74, 6) is -2.37. The lowest BCUT2D eigenvalue weighted by Crippen LogP contribution is -2.62. The minimum Gasteiger partial charge on any atom is -0.456 e. The Morgan fingerprint density at radius 1 is 0.413 bits per heavy atom. The number of phosphoric ester groups is 1. The first kappa shape index (κ1) is 95.9. The molecule has 584 valence electrons. The third kappa shape index (κ3) is 52.0. The van der Waals surface area contributed by atoms with E-state index >= 15 is 0 Å². The average Bonchev–Trinajstić information content (AvgIpc) is 0.780. The summed E-state index contributed by atoms with van der Waals surface area (Å²) >= 11 is 0.